The Balaban J connectivity index is 1.53. The van der Waals surface area contributed by atoms with Crippen LogP contribution in [0.3, 0.4) is 0 Å². The van der Waals surface area contributed by atoms with Crippen molar-refractivity contribution in [1.82, 2.24) is 15.5 Å². The number of aliphatic hydroxyl groups excluding tert-OH is 1. The maximum atomic E-state index is 14.1. The molecule has 1 fully saturated rings. The van der Waals surface area contributed by atoms with Gasteiger partial charge in [-0.2, -0.15) is 0 Å². The topological polar surface area (TPSA) is 153 Å². The molecule has 2 aromatic rings. The third kappa shape index (κ3) is 11.4. The third-order valence-electron chi connectivity index (χ3n) is 9.08. The highest BCUT2D eigenvalue weighted by Gasteiger charge is 2.43. The number of hydrogen-bond donors (Lipinski definition) is 3. The van der Waals surface area contributed by atoms with Crippen molar-refractivity contribution in [3.05, 3.63) is 64.7 Å². The van der Waals surface area contributed by atoms with E-state index in [1.54, 1.807) is 49.9 Å². The van der Waals surface area contributed by atoms with Crippen LogP contribution in [0.1, 0.15) is 76.8 Å². The number of aliphatic hydroxyl groups is 1. The zero-order valence-electron chi connectivity index (χ0n) is 29.2. The molecular weight excluding hydrogens is 685 g/mol. The fourth-order valence-corrected chi connectivity index (χ4v) is 8.51. The van der Waals surface area contributed by atoms with E-state index in [0.29, 0.717) is 42.5 Å². The van der Waals surface area contributed by atoms with Crippen LogP contribution in [0.15, 0.2) is 48.5 Å². The lowest BCUT2D eigenvalue weighted by atomic mass is 9.84. The smallest absolute Gasteiger partial charge is 0.408 e. The number of hydrogen-bond acceptors (Lipinski definition) is 9. The Bertz CT molecular complexity index is 1460. The SMILES string of the molecule is CCOP(=O)(OCC)C(O)[C@H](CC(C)C(=O)N1CCOc2ccccc2C1)NC(=O)[C@H](CC1CCCCC1)NC(=O)OCc1cccc(Cl)c1. The fourth-order valence-electron chi connectivity index (χ4n) is 6.56. The zero-order chi connectivity index (χ0) is 36.1. The molecule has 14 heteroatoms. The van der Waals surface area contributed by atoms with E-state index in [-0.39, 0.29) is 38.1 Å². The summed E-state index contributed by atoms with van der Waals surface area (Å²) in [7, 11) is -4.16. The summed E-state index contributed by atoms with van der Waals surface area (Å²) in [5.41, 5.74) is 1.55. The first-order valence-electron chi connectivity index (χ1n) is 17.6. The van der Waals surface area contributed by atoms with Gasteiger partial charge >= 0.3 is 13.7 Å². The Morgan fingerprint density at radius 3 is 2.46 bits per heavy atom. The van der Waals surface area contributed by atoms with Gasteiger partial charge in [-0.3, -0.25) is 14.2 Å². The number of amides is 3. The molecule has 1 saturated carbocycles. The maximum Gasteiger partial charge on any atom is 0.408 e. The van der Waals surface area contributed by atoms with E-state index in [2.05, 4.69) is 10.6 Å². The number of carbonyl (C=O) groups excluding carboxylic acids is 3. The molecule has 0 radical (unpaired) electrons. The van der Waals surface area contributed by atoms with Crippen molar-refractivity contribution in [3.8, 4) is 5.75 Å². The minimum atomic E-state index is -4.16. The Morgan fingerprint density at radius 1 is 1.04 bits per heavy atom. The molecule has 3 N–H and O–H groups in total. The lowest BCUT2D eigenvalue weighted by Gasteiger charge is -2.33. The maximum absolute atomic E-state index is 14.1. The first-order valence-corrected chi connectivity index (χ1v) is 19.6. The number of nitrogens with one attached hydrogen (secondary N) is 2. The largest absolute Gasteiger partial charge is 0.491 e. The highest BCUT2D eigenvalue weighted by Crippen LogP contribution is 2.53. The number of para-hydroxylation sites is 1. The van der Waals surface area contributed by atoms with Gasteiger partial charge in [0.05, 0.1) is 25.8 Å². The molecule has 4 atom stereocenters. The van der Waals surface area contributed by atoms with Gasteiger partial charge in [-0.15, -0.1) is 0 Å². The molecule has 0 spiro atoms. The third-order valence-corrected chi connectivity index (χ3v) is 11.6. The van der Waals surface area contributed by atoms with Crippen LogP contribution in [0.5, 0.6) is 5.75 Å². The molecule has 50 heavy (non-hydrogen) atoms. The van der Waals surface area contributed by atoms with E-state index in [0.717, 1.165) is 37.7 Å². The normalized spacial score (nSPS) is 17.7. The van der Waals surface area contributed by atoms with E-state index in [4.69, 9.17) is 30.1 Å². The number of alkyl carbamates (subject to hydrolysis) is 1. The molecule has 0 aromatic heterocycles. The minimum absolute atomic E-state index is 0.0129. The second-order valence-electron chi connectivity index (χ2n) is 12.9. The predicted octanol–water partition coefficient (Wildman–Crippen LogP) is 6.42. The molecule has 1 aliphatic carbocycles. The van der Waals surface area contributed by atoms with E-state index in [1.165, 1.54) is 0 Å². The molecule has 0 bridgehead atoms. The molecule has 1 heterocycles. The van der Waals surface area contributed by atoms with Crippen LogP contribution in [-0.2, 0) is 41.1 Å². The average Bonchev–Trinajstić information content (AvgIpc) is 3.33. The molecule has 12 nitrogen and oxygen atoms in total. The van der Waals surface area contributed by atoms with Crippen molar-refractivity contribution in [2.45, 2.75) is 96.8 Å². The van der Waals surface area contributed by atoms with Gasteiger partial charge in [-0.1, -0.05) is 81.0 Å². The van der Waals surface area contributed by atoms with Crippen molar-refractivity contribution in [3.63, 3.8) is 0 Å². The van der Waals surface area contributed by atoms with Gasteiger partial charge in [-0.05, 0) is 56.4 Å². The van der Waals surface area contributed by atoms with Gasteiger partial charge in [0.25, 0.3) is 0 Å². The van der Waals surface area contributed by atoms with Gasteiger partial charge in [0, 0.05) is 23.0 Å². The highest BCUT2D eigenvalue weighted by molar-refractivity contribution is 7.54. The second kappa shape index (κ2) is 19.5. The van der Waals surface area contributed by atoms with Crippen molar-refractivity contribution < 1.29 is 42.6 Å². The van der Waals surface area contributed by atoms with E-state index < -0.39 is 43.4 Å². The number of ether oxygens (including phenoxy) is 2. The Morgan fingerprint density at radius 2 is 1.76 bits per heavy atom. The van der Waals surface area contributed by atoms with Crippen LogP contribution < -0.4 is 15.4 Å². The average molecular weight is 736 g/mol. The fraction of sp³-hybridized carbons (Fsp3) is 0.583. The van der Waals surface area contributed by atoms with Crippen LogP contribution in [0, 0.1) is 11.8 Å². The number of rotatable bonds is 16. The van der Waals surface area contributed by atoms with E-state index in [9.17, 15) is 24.1 Å². The summed E-state index contributed by atoms with van der Waals surface area (Å²) in [6.07, 6.45) is 4.46. The summed E-state index contributed by atoms with van der Waals surface area (Å²) in [6.45, 7) is 5.85. The van der Waals surface area contributed by atoms with Crippen molar-refractivity contribution >= 4 is 37.1 Å². The predicted molar refractivity (Wildman–Crippen MR) is 190 cm³/mol. The van der Waals surface area contributed by atoms with Gasteiger partial charge in [0.2, 0.25) is 11.8 Å². The lowest BCUT2D eigenvalue weighted by molar-refractivity contribution is -0.137. The molecule has 3 amide bonds. The summed E-state index contributed by atoms with van der Waals surface area (Å²) in [5.74, 6) is -2.43. The Labute approximate surface area is 300 Å². The van der Waals surface area contributed by atoms with Gasteiger partial charge in [0.1, 0.15) is 25.0 Å². The van der Waals surface area contributed by atoms with Crippen LogP contribution >= 0.6 is 19.2 Å². The van der Waals surface area contributed by atoms with Crippen LogP contribution in [-0.4, -0.2) is 72.2 Å². The lowest BCUT2D eigenvalue weighted by Crippen LogP contribution is -2.54. The van der Waals surface area contributed by atoms with E-state index in [1.807, 2.05) is 24.3 Å². The van der Waals surface area contributed by atoms with Crippen LogP contribution in [0.4, 0.5) is 4.79 Å². The van der Waals surface area contributed by atoms with Crippen molar-refractivity contribution in [2.75, 3.05) is 26.4 Å². The summed E-state index contributed by atoms with van der Waals surface area (Å²) in [4.78, 5) is 42.6. The standard InChI is InChI=1S/C36H51ClN3O9P/c1-4-48-50(45,49-5-2)35(43)31(20-25(3)34(42)40-18-19-46-32-17-10-9-15-28(32)23-40)38-33(41)30(22-26-12-7-6-8-13-26)39-36(44)47-24-27-14-11-16-29(37)21-27/h9-11,14-17,21,25-26,30-31,35,43H,4-8,12-13,18-20,22-24H2,1-3H3,(H,38,41)(H,39,44)/t25?,30-,31-,35?/m0/s1. The summed E-state index contributed by atoms with van der Waals surface area (Å²) in [5, 5.41) is 17.6. The number of benzene rings is 2. The Hall–Kier alpha value is -3.15. The van der Waals surface area contributed by atoms with Crippen molar-refractivity contribution in [1.29, 1.82) is 0 Å². The number of nitrogens with zero attached hydrogens (tertiary/aromatic N) is 1. The van der Waals surface area contributed by atoms with Crippen LogP contribution in [0.2, 0.25) is 5.02 Å². The number of carbonyl (C=O) groups is 3. The number of halogens is 1. The van der Waals surface area contributed by atoms with Gasteiger partial charge < -0.3 is 39.2 Å². The highest BCUT2D eigenvalue weighted by atomic mass is 35.5. The summed E-state index contributed by atoms with van der Waals surface area (Å²) < 4.78 is 36.0. The number of fused-ring (bicyclic) bond motifs is 1. The van der Waals surface area contributed by atoms with Crippen LogP contribution in [0.25, 0.3) is 0 Å². The molecule has 2 aromatic carbocycles. The molecule has 276 valence electrons. The van der Waals surface area contributed by atoms with Crippen molar-refractivity contribution in [2.24, 2.45) is 11.8 Å². The molecular formula is C36H51ClN3O9P. The van der Waals surface area contributed by atoms with Gasteiger partial charge in [-0.25, -0.2) is 4.79 Å². The zero-order valence-corrected chi connectivity index (χ0v) is 30.8. The van der Waals surface area contributed by atoms with E-state index >= 15 is 0 Å². The second-order valence-corrected chi connectivity index (χ2v) is 15.5. The summed E-state index contributed by atoms with van der Waals surface area (Å²) >= 11 is 6.07. The molecule has 2 aliphatic rings. The minimum Gasteiger partial charge on any atom is -0.491 e. The molecule has 1 aliphatic heterocycles. The monoisotopic (exact) mass is 735 g/mol. The molecule has 4 rings (SSSR count). The van der Waals surface area contributed by atoms with Gasteiger partial charge in [0.15, 0.2) is 5.85 Å². The first kappa shape index (κ1) is 39.6. The quantitative estimate of drug-likeness (QED) is 0.166. The first-order chi connectivity index (χ1) is 24.0. The summed E-state index contributed by atoms with van der Waals surface area (Å²) in [6, 6.07) is 12.2. The molecule has 2 unspecified atom stereocenters. The Kier molecular flexibility index (Phi) is 15.4. The molecule has 0 saturated heterocycles.